The van der Waals surface area contributed by atoms with Gasteiger partial charge in [0.05, 0.1) is 15.9 Å². The van der Waals surface area contributed by atoms with Gasteiger partial charge in [0, 0.05) is 19.5 Å². The van der Waals surface area contributed by atoms with Gasteiger partial charge in [0.15, 0.2) is 0 Å². The molecule has 1 aromatic rings. The molecule has 2 rings (SSSR count). The molecule has 114 valence electrons. The fourth-order valence-electron chi connectivity index (χ4n) is 3.45. The molecule has 0 bridgehead atoms. The second kappa shape index (κ2) is 6.58. The minimum Gasteiger partial charge on any atom is -0.271 e. The highest BCUT2D eigenvalue weighted by Crippen LogP contribution is 2.40. The quantitative estimate of drug-likeness (QED) is 0.638. The summed E-state index contributed by atoms with van der Waals surface area (Å²) in [5, 5.41) is 4.59. The first-order valence-corrected chi connectivity index (χ1v) is 8.47. The Morgan fingerprint density at radius 2 is 2.05 bits per heavy atom. The van der Waals surface area contributed by atoms with Gasteiger partial charge in [0.1, 0.15) is 0 Å². The highest BCUT2D eigenvalue weighted by molar-refractivity contribution is 9.10. The predicted molar refractivity (Wildman–Crippen MR) is 86.3 cm³/mol. The number of nitrogens with two attached hydrogens (primary N) is 1. The maximum atomic E-state index is 5.88. The molecule has 1 aliphatic carbocycles. The topological polar surface area (TPSA) is 55.9 Å². The van der Waals surface area contributed by atoms with Gasteiger partial charge >= 0.3 is 0 Å². The summed E-state index contributed by atoms with van der Waals surface area (Å²) in [6.07, 6.45) is 8.41. The summed E-state index contributed by atoms with van der Waals surface area (Å²) in [7, 11) is 2.02. The summed E-state index contributed by atoms with van der Waals surface area (Å²) < 4.78 is 3.15. The normalized spacial score (nSPS) is 20.1. The molecular weight excluding hydrogens is 316 g/mol. The number of aromatic nitrogens is 2. The van der Waals surface area contributed by atoms with Crippen LogP contribution in [0.4, 0.5) is 0 Å². The minimum absolute atomic E-state index is 0.295. The fourth-order valence-corrected chi connectivity index (χ4v) is 4.23. The van der Waals surface area contributed by atoms with Gasteiger partial charge in [-0.15, -0.1) is 0 Å². The number of nitrogens with zero attached hydrogens (tertiary/aromatic N) is 2. The Morgan fingerprint density at radius 1 is 1.40 bits per heavy atom. The van der Waals surface area contributed by atoms with E-state index in [1.165, 1.54) is 37.8 Å². The van der Waals surface area contributed by atoms with Crippen molar-refractivity contribution in [3.63, 3.8) is 0 Å². The Kier molecular flexibility index (Phi) is 5.26. The summed E-state index contributed by atoms with van der Waals surface area (Å²) >= 11 is 3.71. The summed E-state index contributed by atoms with van der Waals surface area (Å²) in [4.78, 5) is 0. The standard InChI is InChI=1S/C15H27BrN4/c1-4-11-14(16)12(20(3)19-11)10-13(18-17)15(2)8-6-5-7-9-15/h13,18H,4-10,17H2,1-3H3. The molecule has 1 unspecified atom stereocenters. The number of nitrogens with one attached hydrogen (secondary N) is 1. The lowest BCUT2D eigenvalue weighted by Crippen LogP contribution is -2.49. The van der Waals surface area contributed by atoms with Gasteiger partial charge < -0.3 is 0 Å². The molecule has 0 aliphatic heterocycles. The smallest absolute Gasteiger partial charge is 0.0766 e. The van der Waals surface area contributed by atoms with Gasteiger partial charge in [-0.1, -0.05) is 33.1 Å². The zero-order valence-corrected chi connectivity index (χ0v) is 14.5. The minimum atomic E-state index is 0.295. The molecule has 0 spiro atoms. The zero-order chi connectivity index (χ0) is 14.8. The van der Waals surface area contributed by atoms with Gasteiger partial charge in [0.25, 0.3) is 0 Å². The largest absolute Gasteiger partial charge is 0.271 e. The van der Waals surface area contributed by atoms with Gasteiger partial charge in [-0.3, -0.25) is 16.0 Å². The lowest BCUT2D eigenvalue weighted by molar-refractivity contribution is 0.142. The van der Waals surface area contributed by atoms with Gasteiger partial charge in [-0.25, -0.2) is 0 Å². The van der Waals surface area contributed by atoms with Crippen LogP contribution in [0.25, 0.3) is 0 Å². The van der Waals surface area contributed by atoms with E-state index in [2.05, 4.69) is 40.3 Å². The van der Waals surface area contributed by atoms with Crippen LogP contribution in [0.2, 0.25) is 0 Å². The van der Waals surface area contributed by atoms with E-state index in [9.17, 15) is 0 Å². The summed E-state index contributed by atoms with van der Waals surface area (Å²) in [6.45, 7) is 4.51. The van der Waals surface area contributed by atoms with E-state index in [0.717, 1.165) is 23.0 Å². The van der Waals surface area contributed by atoms with Crippen molar-refractivity contribution in [2.24, 2.45) is 18.3 Å². The third kappa shape index (κ3) is 3.10. The van der Waals surface area contributed by atoms with Gasteiger partial charge in [-0.2, -0.15) is 5.10 Å². The average Bonchev–Trinajstić information content (AvgIpc) is 2.71. The van der Waals surface area contributed by atoms with Crippen molar-refractivity contribution in [3.05, 3.63) is 15.9 Å². The van der Waals surface area contributed by atoms with Crippen molar-refractivity contribution in [2.45, 2.75) is 64.8 Å². The molecule has 1 atom stereocenters. The lowest BCUT2D eigenvalue weighted by atomic mass is 9.69. The first kappa shape index (κ1) is 16.0. The molecule has 0 radical (unpaired) electrons. The molecule has 20 heavy (non-hydrogen) atoms. The van der Waals surface area contributed by atoms with Crippen molar-refractivity contribution in [3.8, 4) is 0 Å². The van der Waals surface area contributed by atoms with Crippen LogP contribution in [-0.2, 0) is 19.9 Å². The van der Waals surface area contributed by atoms with Crippen LogP contribution in [0.5, 0.6) is 0 Å². The molecule has 1 saturated carbocycles. The second-order valence-electron chi connectivity index (χ2n) is 6.32. The SMILES string of the molecule is CCc1nn(C)c(CC(NN)C2(C)CCCCC2)c1Br. The molecule has 0 saturated heterocycles. The highest BCUT2D eigenvalue weighted by atomic mass is 79.9. The van der Waals surface area contributed by atoms with Crippen molar-refractivity contribution in [1.29, 1.82) is 0 Å². The van der Waals surface area contributed by atoms with Crippen molar-refractivity contribution in [2.75, 3.05) is 0 Å². The molecule has 0 aromatic carbocycles. The van der Waals surface area contributed by atoms with Gasteiger partial charge in [-0.05, 0) is 40.6 Å². The summed E-state index contributed by atoms with van der Waals surface area (Å²) in [6, 6.07) is 0.305. The summed E-state index contributed by atoms with van der Waals surface area (Å²) in [5.74, 6) is 5.88. The number of hydrogen-bond donors (Lipinski definition) is 2. The Morgan fingerprint density at radius 3 is 2.55 bits per heavy atom. The van der Waals surface area contributed by atoms with Crippen LogP contribution in [0.1, 0.15) is 57.3 Å². The molecule has 1 aromatic heterocycles. The number of aryl methyl sites for hydroxylation is 2. The van der Waals surface area contributed by atoms with E-state index in [1.54, 1.807) is 0 Å². The van der Waals surface area contributed by atoms with Crippen LogP contribution in [-0.4, -0.2) is 15.8 Å². The molecule has 1 fully saturated rings. The van der Waals surface area contributed by atoms with Gasteiger partial charge in [0.2, 0.25) is 0 Å². The first-order chi connectivity index (χ1) is 9.51. The number of hydrazine groups is 1. The Hall–Kier alpha value is -0.390. The summed E-state index contributed by atoms with van der Waals surface area (Å²) in [5.41, 5.74) is 5.75. The number of rotatable bonds is 5. The first-order valence-electron chi connectivity index (χ1n) is 7.68. The second-order valence-corrected chi connectivity index (χ2v) is 7.12. The van der Waals surface area contributed by atoms with Crippen LogP contribution >= 0.6 is 15.9 Å². The Balaban J connectivity index is 2.20. The Bertz CT molecular complexity index is 449. The van der Waals surface area contributed by atoms with E-state index < -0.39 is 0 Å². The van der Waals surface area contributed by atoms with E-state index in [1.807, 2.05) is 11.7 Å². The van der Waals surface area contributed by atoms with Crippen molar-refractivity contribution in [1.82, 2.24) is 15.2 Å². The van der Waals surface area contributed by atoms with E-state index >= 15 is 0 Å². The van der Waals surface area contributed by atoms with E-state index in [-0.39, 0.29) is 0 Å². The Labute approximate surface area is 130 Å². The number of halogens is 1. The molecule has 0 amide bonds. The number of hydrogen-bond acceptors (Lipinski definition) is 3. The maximum absolute atomic E-state index is 5.88. The monoisotopic (exact) mass is 342 g/mol. The average molecular weight is 343 g/mol. The molecule has 4 nitrogen and oxygen atoms in total. The van der Waals surface area contributed by atoms with Crippen molar-refractivity contribution < 1.29 is 0 Å². The third-order valence-electron chi connectivity index (χ3n) is 4.94. The maximum Gasteiger partial charge on any atom is 0.0766 e. The molecular formula is C15H27BrN4. The van der Waals surface area contributed by atoms with E-state index in [4.69, 9.17) is 5.84 Å². The lowest BCUT2D eigenvalue weighted by Gasteiger charge is -2.40. The third-order valence-corrected chi connectivity index (χ3v) is 5.85. The predicted octanol–water partition coefficient (Wildman–Crippen LogP) is 3.09. The van der Waals surface area contributed by atoms with E-state index in [0.29, 0.717) is 11.5 Å². The van der Waals surface area contributed by atoms with Crippen molar-refractivity contribution >= 4 is 15.9 Å². The molecule has 3 N–H and O–H groups in total. The van der Waals surface area contributed by atoms with Crippen LogP contribution in [0.3, 0.4) is 0 Å². The highest BCUT2D eigenvalue weighted by Gasteiger charge is 2.36. The van der Waals surface area contributed by atoms with Crippen LogP contribution in [0.15, 0.2) is 4.47 Å². The zero-order valence-electron chi connectivity index (χ0n) is 12.9. The molecule has 1 heterocycles. The van der Waals surface area contributed by atoms with Crippen LogP contribution in [0, 0.1) is 5.41 Å². The molecule has 5 heteroatoms. The van der Waals surface area contributed by atoms with Crippen LogP contribution < -0.4 is 11.3 Å². The molecule has 1 aliphatic rings. The fraction of sp³-hybridized carbons (Fsp3) is 0.800.